The highest BCUT2D eigenvalue weighted by Crippen LogP contribution is 2.29. The molecule has 0 aliphatic carbocycles. The zero-order chi connectivity index (χ0) is 14.8. The van der Waals surface area contributed by atoms with Crippen LogP contribution >= 0.6 is 0 Å². The Labute approximate surface area is 122 Å². The lowest BCUT2D eigenvalue weighted by Gasteiger charge is -2.37. The number of hydrogen-bond donors (Lipinski definition) is 1. The summed E-state index contributed by atoms with van der Waals surface area (Å²) in [5.41, 5.74) is 0.992. The number of sulfonamides is 1. The van der Waals surface area contributed by atoms with Crippen LogP contribution in [0.2, 0.25) is 0 Å². The fourth-order valence-electron chi connectivity index (χ4n) is 3.01. The SMILES string of the molecule is CNCc1cccc(S(=O)(=O)N2C(C)CCCC2C)c1. The molecule has 0 amide bonds. The summed E-state index contributed by atoms with van der Waals surface area (Å²) in [6, 6.07) is 7.40. The summed E-state index contributed by atoms with van der Waals surface area (Å²) < 4.78 is 27.4. The van der Waals surface area contributed by atoms with Crippen LogP contribution in [0.1, 0.15) is 38.7 Å². The molecule has 1 aliphatic rings. The van der Waals surface area contributed by atoms with E-state index in [1.807, 2.05) is 33.0 Å². The van der Waals surface area contributed by atoms with Crippen molar-refractivity contribution in [2.45, 2.75) is 56.6 Å². The zero-order valence-corrected chi connectivity index (χ0v) is 13.3. The second kappa shape index (κ2) is 6.24. The van der Waals surface area contributed by atoms with Gasteiger partial charge >= 0.3 is 0 Å². The molecular weight excluding hydrogens is 272 g/mol. The van der Waals surface area contributed by atoms with Gasteiger partial charge < -0.3 is 5.32 Å². The average molecular weight is 296 g/mol. The highest BCUT2D eigenvalue weighted by atomic mass is 32.2. The number of nitrogens with zero attached hydrogens (tertiary/aromatic N) is 1. The van der Waals surface area contributed by atoms with E-state index >= 15 is 0 Å². The smallest absolute Gasteiger partial charge is 0.243 e. The Kier molecular flexibility index (Phi) is 4.83. The predicted octanol–water partition coefficient (Wildman–Crippen LogP) is 2.36. The Morgan fingerprint density at radius 3 is 2.50 bits per heavy atom. The topological polar surface area (TPSA) is 49.4 Å². The van der Waals surface area contributed by atoms with Crippen LogP contribution in [0.25, 0.3) is 0 Å². The molecule has 112 valence electrons. The Bertz CT molecular complexity index is 547. The van der Waals surface area contributed by atoms with E-state index in [0.717, 1.165) is 24.8 Å². The maximum absolute atomic E-state index is 12.9. The molecule has 1 fully saturated rings. The first kappa shape index (κ1) is 15.5. The molecule has 1 saturated heterocycles. The molecule has 20 heavy (non-hydrogen) atoms. The van der Waals surface area contributed by atoms with Crippen LogP contribution in [-0.2, 0) is 16.6 Å². The van der Waals surface area contributed by atoms with Crippen LogP contribution in [-0.4, -0.2) is 31.9 Å². The van der Waals surface area contributed by atoms with Crippen molar-refractivity contribution in [3.05, 3.63) is 29.8 Å². The van der Waals surface area contributed by atoms with Gasteiger partial charge in [0.05, 0.1) is 4.90 Å². The number of nitrogens with one attached hydrogen (secondary N) is 1. The van der Waals surface area contributed by atoms with Gasteiger partial charge in [-0.3, -0.25) is 0 Å². The van der Waals surface area contributed by atoms with Gasteiger partial charge in [-0.05, 0) is 51.4 Å². The second-order valence-electron chi connectivity index (χ2n) is 5.64. The van der Waals surface area contributed by atoms with Crippen molar-refractivity contribution in [3.63, 3.8) is 0 Å². The van der Waals surface area contributed by atoms with Crippen molar-refractivity contribution in [2.24, 2.45) is 0 Å². The monoisotopic (exact) mass is 296 g/mol. The molecule has 1 N–H and O–H groups in total. The normalized spacial score (nSPS) is 24.8. The Hall–Kier alpha value is -0.910. The molecule has 1 aromatic rings. The first-order valence-electron chi connectivity index (χ1n) is 7.24. The van der Waals surface area contributed by atoms with Crippen molar-refractivity contribution in [1.82, 2.24) is 9.62 Å². The molecule has 0 aromatic heterocycles. The lowest BCUT2D eigenvalue weighted by molar-refractivity contribution is 0.204. The molecule has 5 heteroatoms. The Balaban J connectivity index is 2.36. The molecule has 2 rings (SSSR count). The largest absolute Gasteiger partial charge is 0.316 e. The molecular formula is C15H24N2O2S. The first-order valence-corrected chi connectivity index (χ1v) is 8.68. The van der Waals surface area contributed by atoms with Gasteiger partial charge in [-0.25, -0.2) is 8.42 Å². The molecule has 4 nitrogen and oxygen atoms in total. The highest BCUT2D eigenvalue weighted by Gasteiger charge is 2.35. The van der Waals surface area contributed by atoms with Gasteiger partial charge in [0, 0.05) is 18.6 Å². The molecule has 0 radical (unpaired) electrons. The van der Waals surface area contributed by atoms with E-state index in [1.165, 1.54) is 0 Å². The first-order chi connectivity index (χ1) is 9.46. The van der Waals surface area contributed by atoms with E-state index in [1.54, 1.807) is 16.4 Å². The maximum atomic E-state index is 12.9. The maximum Gasteiger partial charge on any atom is 0.243 e. The third-order valence-corrected chi connectivity index (χ3v) is 6.09. The zero-order valence-electron chi connectivity index (χ0n) is 12.5. The van der Waals surface area contributed by atoms with Crippen LogP contribution < -0.4 is 5.32 Å². The lowest BCUT2D eigenvalue weighted by Crippen LogP contribution is -2.47. The standard InChI is InChI=1S/C15H24N2O2S/c1-12-6-4-7-13(2)17(12)20(18,19)15-9-5-8-14(10-15)11-16-3/h5,8-10,12-13,16H,4,6-7,11H2,1-3H3. The van der Waals surface area contributed by atoms with Crippen molar-refractivity contribution < 1.29 is 8.42 Å². The summed E-state index contributed by atoms with van der Waals surface area (Å²) >= 11 is 0. The van der Waals surface area contributed by atoms with Gasteiger partial charge in [0.25, 0.3) is 0 Å². The quantitative estimate of drug-likeness (QED) is 0.928. The molecule has 0 saturated carbocycles. The fraction of sp³-hybridized carbons (Fsp3) is 0.600. The lowest BCUT2D eigenvalue weighted by atomic mass is 10.0. The molecule has 0 bridgehead atoms. The Morgan fingerprint density at radius 1 is 1.25 bits per heavy atom. The molecule has 1 aromatic carbocycles. The number of benzene rings is 1. The van der Waals surface area contributed by atoms with E-state index in [0.29, 0.717) is 11.4 Å². The van der Waals surface area contributed by atoms with Crippen LogP contribution in [0.15, 0.2) is 29.2 Å². The minimum absolute atomic E-state index is 0.0803. The van der Waals surface area contributed by atoms with Crippen LogP contribution in [0, 0.1) is 0 Å². The summed E-state index contributed by atoms with van der Waals surface area (Å²) in [6.07, 6.45) is 2.99. The van der Waals surface area contributed by atoms with Gasteiger partial charge in [-0.2, -0.15) is 4.31 Å². The highest BCUT2D eigenvalue weighted by molar-refractivity contribution is 7.89. The van der Waals surface area contributed by atoms with Gasteiger partial charge in [0.1, 0.15) is 0 Å². The van der Waals surface area contributed by atoms with E-state index in [4.69, 9.17) is 0 Å². The fourth-order valence-corrected chi connectivity index (χ4v) is 4.97. The van der Waals surface area contributed by atoms with Crippen molar-refractivity contribution in [3.8, 4) is 0 Å². The van der Waals surface area contributed by atoms with Crippen molar-refractivity contribution in [1.29, 1.82) is 0 Å². The molecule has 2 unspecified atom stereocenters. The van der Waals surface area contributed by atoms with Crippen LogP contribution in [0.5, 0.6) is 0 Å². The summed E-state index contributed by atoms with van der Waals surface area (Å²) in [5, 5.41) is 3.05. The number of rotatable bonds is 4. The van der Waals surface area contributed by atoms with Crippen LogP contribution in [0.3, 0.4) is 0 Å². The predicted molar refractivity (Wildman–Crippen MR) is 81.0 cm³/mol. The van der Waals surface area contributed by atoms with Gasteiger partial charge in [0.15, 0.2) is 0 Å². The van der Waals surface area contributed by atoms with Gasteiger partial charge in [-0.1, -0.05) is 18.6 Å². The second-order valence-corrected chi connectivity index (χ2v) is 7.48. The minimum Gasteiger partial charge on any atom is -0.316 e. The van der Waals surface area contributed by atoms with E-state index < -0.39 is 10.0 Å². The minimum atomic E-state index is -3.40. The number of hydrogen-bond acceptors (Lipinski definition) is 3. The summed E-state index contributed by atoms with van der Waals surface area (Å²) in [6.45, 7) is 4.68. The van der Waals surface area contributed by atoms with Gasteiger partial charge in [0.2, 0.25) is 10.0 Å². The van der Waals surface area contributed by atoms with E-state index in [-0.39, 0.29) is 12.1 Å². The molecule has 1 aliphatic heterocycles. The van der Waals surface area contributed by atoms with Gasteiger partial charge in [-0.15, -0.1) is 0 Å². The van der Waals surface area contributed by atoms with E-state index in [2.05, 4.69) is 5.32 Å². The average Bonchev–Trinajstić information content (AvgIpc) is 2.39. The summed E-state index contributed by atoms with van der Waals surface area (Å²) in [5.74, 6) is 0. The summed E-state index contributed by atoms with van der Waals surface area (Å²) in [4.78, 5) is 0.408. The van der Waals surface area contributed by atoms with Crippen molar-refractivity contribution in [2.75, 3.05) is 7.05 Å². The molecule has 2 atom stereocenters. The van der Waals surface area contributed by atoms with E-state index in [9.17, 15) is 8.42 Å². The molecule has 1 heterocycles. The number of piperidine rings is 1. The van der Waals surface area contributed by atoms with Crippen molar-refractivity contribution >= 4 is 10.0 Å². The van der Waals surface area contributed by atoms with Crippen LogP contribution in [0.4, 0.5) is 0 Å². The third kappa shape index (κ3) is 3.05. The summed E-state index contributed by atoms with van der Waals surface area (Å²) in [7, 11) is -1.54. The molecule has 0 spiro atoms. The third-order valence-electron chi connectivity index (χ3n) is 3.97. The Morgan fingerprint density at radius 2 is 1.90 bits per heavy atom.